The van der Waals surface area contributed by atoms with Gasteiger partial charge in [-0.1, -0.05) is 0 Å². The molecule has 0 aliphatic heterocycles. The average molecular weight is 246 g/mol. The van der Waals surface area contributed by atoms with Crippen LogP contribution in [0.2, 0.25) is 0 Å². The molecule has 0 unspecified atom stereocenters. The zero-order valence-electron chi connectivity index (χ0n) is 9.35. The summed E-state index contributed by atoms with van der Waals surface area (Å²) < 4.78 is 13.1. The Labute approximate surface area is 103 Å². The van der Waals surface area contributed by atoms with Crippen molar-refractivity contribution in [1.82, 2.24) is 0 Å². The number of benzene rings is 2. The predicted molar refractivity (Wildman–Crippen MR) is 66.9 cm³/mol. The van der Waals surface area contributed by atoms with Crippen LogP contribution < -0.4 is 11.1 Å². The molecule has 2 aromatic rings. The first-order chi connectivity index (χ1) is 8.54. The van der Waals surface area contributed by atoms with E-state index in [1.54, 1.807) is 0 Å². The molecule has 5 heteroatoms. The summed E-state index contributed by atoms with van der Waals surface area (Å²) in [5.41, 5.74) is 6.34. The van der Waals surface area contributed by atoms with Crippen molar-refractivity contribution in [2.75, 3.05) is 11.1 Å². The maximum atomic E-state index is 13.1. The van der Waals surface area contributed by atoms with Gasteiger partial charge < -0.3 is 16.2 Å². The quantitative estimate of drug-likeness (QED) is 0.712. The number of carbonyl (C=O) groups is 1. The van der Waals surface area contributed by atoms with Gasteiger partial charge in [0.1, 0.15) is 11.6 Å². The Morgan fingerprint density at radius 2 is 1.83 bits per heavy atom. The van der Waals surface area contributed by atoms with E-state index in [1.807, 2.05) is 0 Å². The van der Waals surface area contributed by atoms with E-state index < -0.39 is 11.7 Å². The topological polar surface area (TPSA) is 75.3 Å². The number of phenols is 1. The monoisotopic (exact) mass is 246 g/mol. The van der Waals surface area contributed by atoms with Crippen LogP contribution in [-0.2, 0) is 0 Å². The maximum absolute atomic E-state index is 13.1. The zero-order chi connectivity index (χ0) is 13.1. The highest BCUT2D eigenvalue weighted by Crippen LogP contribution is 2.17. The fourth-order valence-electron chi connectivity index (χ4n) is 1.50. The second-order valence-electron chi connectivity index (χ2n) is 3.77. The van der Waals surface area contributed by atoms with Crippen LogP contribution in [0.4, 0.5) is 15.8 Å². The summed E-state index contributed by atoms with van der Waals surface area (Å²) in [6, 6.07) is 9.52. The van der Waals surface area contributed by atoms with Gasteiger partial charge in [0.2, 0.25) is 0 Å². The van der Waals surface area contributed by atoms with Crippen LogP contribution in [0.1, 0.15) is 10.4 Å². The SMILES string of the molecule is Nc1cc(F)cc(NC(=O)c2ccc(O)cc2)c1. The van der Waals surface area contributed by atoms with Gasteiger partial charge in [-0.15, -0.1) is 0 Å². The lowest BCUT2D eigenvalue weighted by atomic mass is 10.2. The molecule has 18 heavy (non-hydrogen) atoms. The molecule has 0 heterocycles. The molecule has 2 rings (SSSR count). The van der Waals surface area contributed by atoms with Gasteiger partial charge in [0.05, 0.1) is 0 Å². The first-order valence-corrected chi connectivity index (χ1v) is 5.21. The van der Waals surface area contributed by atoms with Crippen LogP contribution in [0, 0.1) is 5.82 Å². The van der Waals surface area contributed by atoms with Crippen LogP contribution in [0.15, 0.2) is 42.5 Å². The Morgan fingerprint density at radius 3 is 2.44 bits per heavy atom. The van der Waals surface area contributed by atoms with E-state index in [2.05, 4.69) is 5.32 Å². The number of carbonyl (C=O) groups excluding carboxylic acids is 1. The molecule has 0 radical (unpaired) electrons. The minimum atomic E-state index is -0.518. The Bertz CT molecular complexity index is 562. The first kappa shape index (κ1) is 11.9. The molecule has 0 aromatic heterocycles. The first-order valence-electron chi connectivity index (χ1n) is 5.21. The van der Waals surface area contributed by atoms with Crippen molar-refractivity contribution in [3.05, 3.63) is 53.8 Å². The predicted octanol–water partition coefficient (Wildman–Crippen LogP) is 2.37. The fourth-order valence-corrected chi connectivity index (χ4v) is 1.50. The Hall–Kier alpha value is -2.56. The molecule has 0 fully saturated rings. The lowest BCUT2D eigenvalue weighted by Crippen LogP contribution is -2.12. The largest absolute Gasteiger partial charge is 0.508 e. The van der Waals surface area contributed by atoms with Crippen LogP contribution in [0.5, 0.6) is 5.75 Å². The molecule has 0 aliphatic rings. The van der Waals surface area contributed by atoms with E-state index in [0.717, 1.165) is 6.07 Å². The van der Waals surface area contributed by atoms with E-state index in [9.17, 15) is 9.18 Å². The van der Waals surface area contributed by atoms with Crippen molar-refractivity contribution in [2.45, 2.75) is 0 Å². The summed E-state index contributed by atoms with van der Waals surface area (Å²) in [7, 11) is 0. The Morgan fingerprint density at radius 1 is 1.17 bits per heavy atom. The van der Waals surface area contributed by atoms with E-state index in [4.69, 9.17) is 10.8 Å². The normalized spacial score (nSPS) is 10.1. The van der Waals surface area contributed by atoms with Crippen LogP contribution in [0.3, 0.4) is 0 Å². The molecule has 0 bridgehead atoms. The molecule has 4 nitrogen and oxygen atoms in total. The lowest BCUT2D eigenvalue weighted by molar-refractivity contribution is 0.102. The third kappa shape index (κ3) is 2.76. The van der Waals surface area contributed by atoms with Crippen molar-refractivity contribution in [3.63, 3.8) is 0 Å². The van der Waals surface area contributed by atoms with Crippen LogP contribution in [-0.4, -0.2) is 11.0 Å². The van der Waals surface area contributed by atoms with Crippen molar-refractivity contribution in [1.29, 1.82) is 0 Å². The smallest absolute Gasteiger partial charge is 0.255 e. The number of anilines is 2. The highest BCUT2D eigenvalue weighted by atomic mass is 19.1. The third-order valence-corrected chi connectivity index (χ3v) is 2.31. The fraction of sp³-hybridized carbons (Fsp3) is 0. The molecule has 2 aromatic carbocycles. The highest BCUT2D eigenvalue weighted by Gasteiger charge is 2.07. The maximum Gasteiger partial charge on any atom is 0.255 e. The second-order valence-corrected chi connectivity index (χ2v) is 3.77. The molecule has 92 valence electrons. The molecular weight excluding hydrogens is 235 g/mol. The van der Waals surface area contributed by atoms with Gasteiger partial charge in [-0.3, -0.25) is 4.79 Å². The number of phenolic OH excluding ortho intramolecular Hbond substituents is 1. The standard InChI is InChI=1S/C13H11FN2O2/c14-9-5-10(15)7-11(6-9)16-13(18)8-1-3-12(17)4-2-8/h1-7,17H,15H2,(H,16,18). The third-order valence-electron chi connectivity index (χ3n) is 2.31. The van der Waals surface area contributed by atoms with Gasteiger partial charge >= 0.3 is 0 Å². The summed E-state index contributed by atoms with van der Waals surface area (Å²) >= 11 is 0. The van der Waals surface area contributed by atoms with E-state index in [-0.39, 0.29) is 17.1 Å². The molecule has 0 saturated heterocycles. The average Bonchev–Trinajstić information content (AvgIpc) is 2.28. The number of amides is 1. The van der Waals surface area contributed by atoms with Crippen LogP contribution >= 0.6 is 0 Å². The van der Waals surface area contributed by atoms with Gasteiger partial charge in [-0.2, -0.15) is 0 Å². The highest BCUT2D eigenvalue weighted by molar-refractivity contribution is 6.04. The van der Waals surface area contributed by atoms with Crippen LogP contribution in [0.25, 0.3) is 0 Å². The molecular formula is C13H11FN2O2. The number of rotatable bonds is 2. The van der Waals surface area contributed by atoms with Crippen molar-refractivity contribution < 1.29 is 14.3 Å². The number of nitrogens with one attached hydrogen (secondary N) is 1. The van der Waals surface area contributed by atoms with E-state index in [0.29, 0.717) is 5.56 Å². The molecule has 0 atom stereocenters. The molecule has 0 spiro atoms. The number of nitrogen functional groups attached to an aromatic ring is 1. The van der Waals surface area contributed by atoms with Crippen molar-refractivity contribution >= 4 is 17.3 Å². The Balaban J connectivity index is 2.18. The summed E-state index contributed by atoms with van der Waals surface area (Å²) in [5.74, 6) is -0.849. The minimum absolute atomic E-state index is 0.0709. The van der Waals surface area contributed by atoms with Gasteiger partial charge in [0, 0.05) is 16.9 Å². The van der Waals surface area contributed by atoms with Gasteiger partial charge in [0.15, 0.2) is 0 Å². The van der Waals surface area contributed by atoms with Crippen molar-refractivity contribution in [2.24, 2.45) is 0 Å². The molecule has 1 amide bonds. The summed E-state index contributed by atoms with van der Waals surface area (Å²) in [4.78, 5) is 11.8. The summed E-state index contributed by atoms with van der Waals surface area (Å²) in [6.07, 6.45) is 0. The number of aromatic hydroxyl groups is 1. The summed E-state index contributed by atoms with van der Waals surface area (Å²) in [6.45, 7) is 0. The molecule has 0 aliphatic carbocycles. The minimum Gasteiger partial charge on any atom is -0.508 e. The number of nitrogens with two attached hydrogens (primary N) is 1. The van der Waals surface area contributed by atoms with Gasteiger partial charge in [-0.05, 0) is 42.5 Å². The Kier molecular flexibility index (Phi) is 3.14. The number of halogens is 1. The molecule has 0 saturated carbocycles. The zero-order valence-corrected chi connectivity index (χ0v) is 9.35. The summed E-state index contributed by atoms with van der Waals surface area (Å²) in [5, 5.41) is 11.6. The van der Waals surface area contributed by atoms with E-state index in [1.165, 1.54) is 36.4 Å². The van der Waals surface area contributed by atoms with Gasteiger partial charge in [0.25, 0.3) is 5.91 Å². The number of hydrogen-bond acceptors (Lipinski definition) is 3. The van der Waals surface area contributed by atoms with E-state index >= 15 is 0 Å². The second kappa shape index (κ2) is 4.75. The number of hydrogen-bond donors (Lipinski definition) is 3. The van der Waals surface area contributed by atoms with Crippen molar-refractivity contribution in [3.8, 4) is 5.75 Å². The lowest BCUT2D eigenvalue weighted by Gasteiger charge is -2.06. The van der Waals surface area contributed by atoms with Gasteiger partial charge in [-0.25, -0.2) is 4.39 Å². The molecule has 4 N–H and O–H groups in total.